The van der Waals surface area contributed by atoms with Crippen molar-refractivity contribution in [2.45, 2.75) is 38.1 Å². The van der Waals surface area contributed by atoms with E-state index in [1.807, 2.05) is 17.0 Å². The van der Waals surface area contributed by atoms with Crippen LogP contribution in [0.2, 0.25) is 0 Å². The van der Waals surface area contributed by atoms with Crippen molar-refractivity contribution in [2.75, 3.05) is 44.2 Å². The third-order valence-electron chi connectivity index (χ3n) is 6.16. The van der Waals surface area contributed by atoms with Gasteiger partial charge in [0.05, 0.1) is 0 Å². The lowest BCUT2D eigenvalue weighted by atomic mass is 9.81. The zero-order valence-electron chi connectivity index (χ0n) is 16.1. The number of pyridine rings is 1. The number of carboxylic acids is 1. The number of carboxylic acid groups (broad SMARTS) is 1. The summed E-state index contributed by atoms with van der Waals surface area (Å²) in [4.78, 5) is 33.0. The fourth-order valence-corrected chi connectivity index (χ4v) is 4.43. The second kappa shape index (κ2) is 8.80. The number of nitrogens with one attached hydrogen (secondary N) is 1. The molecular formula is C20H30N4O3. The molecule has 2 aliphatic rings. The molecule has 148 valence electrons. The minimum Gasteiger partial charge on any atom is -0.480 e. The van der Waals surface area contributed by atoms with Crippen LogP contribution in [0.5, 0.6) is 0 Å². The van der Waals surface area contributed by atoms with E-state index in [0.717, 1.165) is 38.0 Å². The molecule has 2 fully saturated rings. The average molecular weight is 374 g/mol. The van der Waals surface area contributed by atoms with Crippen LogP contribution >= 0.6 is 0 Å². The minimum atomic E-state index is -1.39. The molecule has 7 nitrogen and oxygen atoms in total. The van der Waals surface area contributed by atoms with E-state index in [0.29, 0.717) is 38.5 Å². The van der Waals surface area contributed by atoms with Gasteiger partial charge in [-0.05, 0) is 63.7 Å². The first-order chi connectivity index (χ1) is 13.0. The Bertz CT molecular complexity index is 624. The van der Waals surface area contributed by atoms with Crippen LogP contribution in [0.4, 0.5) is 5.69 Å². The number of piperidine rings is 1. The molecule has 0 amide bonds. The van der Waals surface area contributed by atoms with Crippen LogP contribution in [0.25, 0.3) is 0 Å². The van der Waals surface area contributed by atoms with Crippen LogP contribution < -0.4 is 10.2 Å². The molecule has 27 heavy (non-hydrogen) atoms. The second-order valence-electron chi connectivity index (χ2n) is 7.63. The van der Waals surface area contributed by atoms with Crippen LogP contribution in [0.1, 0.15) is 32.6 Å². The molecule has 0 radical (unpaired) electrons. The first-order valence-electron chi connectivity index (χ1n) is 9.89. The van der Waals surface area contributed by atoms with Gasteiger partial charge in [-0.1, -0.05) is 0 Å². The van der Waals surface area contributed by atoms with Crippen LogP contribution in [0.3, 0.4) is 0 Å². The topological polar surface area (TPSA) is 85.8 Å². The molecule has 2 saturated heterocycles. The van der Waals surface area contributed by atoms with Crippen LogP contribution in [0, 0.1) is 5.92 Å². The third kappa shape index (κ3) is 4.30. The van der Waals surface area contributed by atoms with E-state index in [4.69, 9.17) is 0 Å². The van der Waals surface area contributed by atoms with Crippen molar-refractivity contribution in [1.82, 2.24) is 15.2 Å². The summed E-state index contributed by atoms with van der Waals surface area (Å²) in [5.74, 6) is -0.745. The maximum Gasteiger partial charge on any atom is 0.331 e. The molecule has 0 saturated carbocycles. The molecule has 0 spiro atoms. The normalized spacial score (nSPS) is 21.6. The second-order valence-corrected chi connectivity index (χ2v) is 7.63. The van der Waals surface area contributed by atoms with E-state index in [2.05, 4.69) is 15.2 Å². The van der Waals surface area contributed by atoms with Crippen molar-refractivity contribution < 1.29 is 14.7 Å². The number of nitrogens with zero attached hydrogens (tertiary/aromatic N) is 3. The molecule has 1 atom stereocenters. The van der Waals surface area contributed by atoms with Gasteiger partial charge in [0.15, 0.2) is 11.3 Å². The summed E-state index contributed by atoms with van der Waals surface area (Å²) >= 11 is 0. The van der Waals surface area contributed by atoms with E-state index < -0.39 is 11.5 Å². The standard InChI is InChI=1S/C20H30N4O3/c1-16(25)20(19(26)27,7-2-17-3-8-21-9-4-17)24-14-12-23(13-15-24)18-5-10-22-11-6-18/h5-6,10-11,17,21H,2-4,7-9,12-15H2,1H3,(H,26,27). The van der Waals surface area contributed by atoms with Gasteiger partial charge in [-0.3, -0.25) is 14.7 Å². The summed E-state index contributed by atoms with van der Waals surface area (Å²) in [6.07, 6.45) is 6.83. The SMILES string of the molecule is CC(=O)C(CCC1CCNCC1)(C(=O)O)N1CCN(c2ccncc2)CC1. The summed E-state index contributed by atoms with van der Waals surface area (Å²) < 4.78 is 0. The Kier molecular flexibility index (Phi) is 6.44. The summed E-state index contributed by atoms with van der Waals surface area (Å²) in [5, 5.41) is 13.4. The fourth-order valence-electron chi connectivity index (χ4n) is 4.43. The number of carbonyl (C=O) groups is 2. The smallest absolute Gasteiger partial charge is 0.331 e. The number of Topliss-reactive ketones (excluding diaryl/α,β-unsaturated/α-hetero) is 1. The number of rotatable bonds is 7. The summed E-state index contributed by atoms with van der Waals surface area (Å²) in [5.41, 5.74) is -0.307. The average Bonchev–Trinajstić information content (AvgIpc) is 2.70. The quantitative estimate of drug-likeness (QED) is 0.698. The number of ketones is 1. The highest BCUT2D eigenvalue weighted by molar-refractivity contribution is 6.06. The number of hydrogen-bond donors (Lipinski definition) is 2. The molecule has 3 rings (SSSR count). The molecule has 2 N–H and O–H groups in total. The van der Waals surface area contributed by atoms with Crippen LogP contribution in [-0.4, -0.2) is 71.6 Å². The Morgan fingerprint density at radius 2 is 1.81 bits per heavy atom. The van der Waals surface area contributed by atoms with Gasteiger partial charge >= 0.3 is 5.97 Å². The van der Waals surface area contributed by atoms with E-state index in [1.54, 1.807) is 12.4 Å². The van der Waals surface area contributed by atoms with Crippen molar-refractivity contribution in [3.63, 3.8) is 0 Å². The lowest BCUT2D eigenvalue weighted by Crippen LogP contribution is -2.64. The Labute approximate surface area is 160 Å². The van der Waals surface area contributed by atoms with Gasteiger partial charge in [0.2, 0.25) is 0 Å². The zero-order chi connectivity index (χ0) is 19.3. The molecule has 2 aliphatic heterocycles. The van der Waals surface area contributed by atoms with Gasteiger partial charge in [0.1, 0.15) is 0 Å². The predicted molar refractivity (Wildman–Crippen MR) is 104 cm³/mol. The minimum absolute atomic E-state index is 0.249. The highest BCUT2D eigenvalue weighted by Gasteiger charge is 2.49. The summed E-state index contributed by atoms with van der Waals surface area (Å²) in [6.45, 7) is 5.96. The van der Waals surface area contributed by atoms with Gasteiger partial charge in [-0.2, -0.15) is 0 Å². The first kappa shape index (κ1) is 19.8. The van der Waals surface area contributed by atoms with E-state index in [1.165, 1.54) is 6.92 Å². The van der Waals surface area contributed by atoms with Gasteiger partial charge in [0, 0.05) is 44.3 Å². The van der Waals surface area contributed by atoms with Crippen molar-refractivity contribution in [3.05, 3.63) is 24.5 Å². The monoisotopic (exact) mass is 374 g/mol. The largest absolute Gasteiger partial charge is 0.480 e. The molecule has 1 aromatic heterocycles. The van der Waals surface area contributed by atoms with Crippen LogP contribution in [0.15, 0.2) is 24.5 Å². The van der Waals surface area contributed by atoms with Crippen molar-refractivity contribution in [2.24, 2.45) is 5.92 Å². The number of anilines is 1. The van der Waals surface area contributed by atoms with Crippen molar-refractivity contribution in [1.29, 1.82) is 0 Å². The zero-order valence-corrected chi connectivity index (χ0v) is 16.1. The number of hydrogen-bond acceptors (Lipinski definition) is 6. The predicted octanol–water partition coefficient (Wildman–Crippen LogP) is 1.40. The van der Waals surface area contributed by atoms with Gasteiger partial charge < -0.3 is 15.3 Å². The lowest BCUT2D eigenvalue weighted by molar-refractivity contribution is -0.158. The number of aliphatic carboxylic acids is 1. The van der Waals surface area contributed by atoms with Gasteiger partial charge in [-0.25, -0.2) is 4.79 Å². The third-order valence-corrected chi connectivity index (χ3v) is 6.16. The Morgan fingerprint density at radius 3 is 2.37 bits per heavy atom. The Hall–Kier alpha value is -1.99. The van der Waals surface area contributed by atoms with Gasteiger partial charge in [-0.15, -0.1) is 0 Å². The Morgan fingerprint density at radius 1 is 1.19 bits per heavy atom. The number of carbonyl (C=O) groups excluding carboxylic acids is 1. The van der Waals surface area contributed by atoms with Crippen LogP contribution in [-0.2, 0) is 9.59 Å². The lowest BCUT2D eigenvalue weighted by Gasteiger charge is -2.45. The Balaban J connectivity index is 1.69. The maximum absolute atomic E-state index is 12.6. The van der Waals surface area contributed by atoms with Crippen molar-refractivity contribution >= 4 is 17.4 Å². The summed E-state index contributed by atoms with van der Waals surface area (Å²) in [7, 11) is 0. The molecule has 0 aromatic carbocycles. The van der Waals surface area contributed by atoms with E-state index in [-0.39, 0.29) is 5.78 Å². The molecular weight excluding hydrogens is 344 g/mol. The van der Waals surface area contributed by atoms with Gasteiger partial charge in [0.25, 0.3) is 0 Å². The molecule has 7 heteroatoms. The van der Waals surface area contributed by atoms with E-state index in [9.17, 15) is 14.7 Å². The maximum atomic E-state index is 12.6. The molecule has 1 aromatic rings. The molecule has 1 unspecified atom stereocenters. The van der Waals surface area contributed by atoms with Crippen molar-refractivity contribution in [3.8, 4) is 0 Å². The summed E-state index contributed by atoms with van der Waals surface area (Å²) in [6, 6.07) is 3.92. The number of aromatic nitrogens is 1. The number of piperazine rings is 1. The highest BCUT2D eigenvalue weighted by Crippen LogP contribution is 2.30. The first-order valence-corrected chi connectivity index (χ1v) is 9.89. The fraction of sp³-hybridized carbons (Fsp3) is 0.650. The molecule has 3 heterocycles. The van der Waals surface area contributed by atoms with E-state index >= 15 is 0 Å². The highest BCUT2D eigenvalue weighted by atomic mass is 16.4. The molecule has 0 bridgehead atoms. The molecule has 0 aliphatic carbocycles.